The number of hydrogen-bond donors (Lipinski definition) is 9. The van der Waals surface area contributed by atoms with Crippen LogP contribution in [0.3, 0.4) is 0 Å². The van der Waals surface area contributed by atoms with E-state index in [1.807, 2.05) is 0 Å². The van der Waals surface area contributed by atoms with Crippen molar-refractivity contribution in [2.75, 3.05) is 13.6 Å². The average molecular weight is 777 g/mol. The van der Waals surface area contributed by atoms with Gasteiger partial charge in [0.05, 0.1) is 11.1 Å². The van der Waals surface area contributed by atoms with Gasteiger partial charge in [0, 0.05) is 44.9 Å². The first-order chi connectivity index (χ1) is 23.8. The van der Waals surface area contributed by atoms with Gasteiger partial charge in [-0.1, -0.05) is 13.0 Å². The lowest BCUT2D eigenvalue weighted by Crippen LogP contribution is -2.92. The number of rotatable bonds is 5. The van der Waals surface area contributed by atoms with Crippen molar-refractivity contribution in [2.24, 2.45) is 11.8 Å². The van der Waals surface area contributed by atoms with E-state index in [9.17, 15) is 86.3 Å². The molecule has 53 heavy (non-hydrogen) atoms. The Balaban J connectivity index is 1.73. The van der Waals surface area contributed by atoms with Gasteiger partial charge < -0.3 is 50.9 Å². The van der Waals surface area contributed by atoms with Gasteiger partial charge in [0.2, 0.25) is 5.91 Å². The second-order valence-corrected chi connectivity index (χ2v) is 13.7. The fraction of sp³-hybridized carbons (Fsp3) is 0.613. The van der Waals surface area contributed by atoms with Gasteiger partial charge in [-0.3, -0.25) is 9.69 Å². The lowest BCUT2D eigenvalue weighted by atomic mass is 9.77. The zero-order valence-electron chi connectivity index (χ0n) is 28.4. The van der Waals surface area contributed by atoms with Gasteiger partial charge in [-0.25, -0.2) is 14.1 Å². The Kier molecular flexibility index (Phi) is 10.7. The molecule has 0 spiro atoms. The number of carbonyl (C=O) groups excluding carboxylic acids is 2. The number of allylic oxidation sites excluding steroid dienone is 3. The van der Waals surface area contributed by atoms with E-state index >= 15 is 0 Å². The number of urea groups is 1. The van der Waals surface area contributed by atoms with Gasteiger partial charge in [0.25, 0.3) is 0 Å². The van der Waals surface area contributed by atoms with Gasteiger partial charge in [0.1, 0.15) is 11.6 Å². The number of hydrogen-bond acceptors (Lipinski definition) is 12. The van der Waals surface area contributed by atoms with E-state index in [1.165, 1.54) is 13.0 Å². The van der Waals surface area contributed by atoms with E-state index in [0.29, 0.717) is 24.0 Å². The summed E-state index contributed by atoms with van der Waals surface area (Å²) in [6.07, 6.45) is -9.24. The second kappa shape index (κ2) is 13.4. The Morgan fingerprint density at radius 1 is 0.887 bits per heavy atom. The number of piperazine rings is 1. The molecule has 0 radical (unpaired) electrons. The van der Waals surface area contributed by atoms with Crippen molar-refractivity contribution in [2.45, 2.75) is 93.8 Å². The van der Waals surface area contributed by atoms with Gasteiger partial charge >= 0.3 is 42.0 Å². The van der Waals surface area contributed by atoms with Crippen LogP contribution >= 0.6 is 0 Å². The molecule has 1 aliphatic carbocycles. The zero-order valence-corrected chi connectivity index (χ0v) is 28.4. The van der Waals surface area contributed by atoms with Gasteiger partial charge in [-0.2, -0.15) is 31.2 Å². The molecule has 2 saturated heterocycles. The van der Waals surface area contributed by atoms with Gasteiger partial charge in [-0.15, -0.1) is 0 Å². The summed E-state index contributed by atoms with van der Waals surface area (Å²) in [6, 6.07) is -3.57. The third-order valence-corrected chi connectivity index (χ3v) is 9.89. The number of piperidine rings is 1. The Hall–Kier alpha value is -3.45. The number of halogens is 7. The van der Waals surface area contributed by atoms with Crippen LogP contribution in [0.2, 0.25) is 0 Å². The molecule has 22 heteroatoms. The molecule has 0 saturated carbocycles. The minimum absolute atomic E-state index is 0.117. The Morgan fingerprint density at radius 3 is 1.81 bits per heavy atom. The fourth-order valence-corrected chi connectivity index (χ4v) is 7.12. The van der Waals surface area contributed by atoms with Crippen LogP contribution in [-0.2, 0) is 23.6 Å². The number of amides is 3. The van der Waals surface area contributed by atoms with E-state index in [-0.39, 0.29) is 11.0 Å². The Bertz CT molecular complexity index is 1600. The van der Waals surface area contributed by atoms with Crippen molar-refractivity contribution in [3.8, 4) is 0 Å². The van der Waals surface area contributed by atoms with Gasteiger partial charge in [0.15, 0.2) is 0 Å². The van der Waals surface area contributed by atoms with Crippen LogP contribution in [0.1, 0.15) is 50.3 Å². The predicted octanol–water partition coefficient (Wildman–Crippen LogP) is 0.253. The van der Waals surface area contributed by atoms with E-state index in [0.717, 1.165) is 31.0 Å². The highest BCUT2D eigenvalue weighted by molar-refractivity contribution is 5.76. The second-order valence-electron chi connectivity index (χ2n) is 13.7. The molecule has 0 aromatic heterocycles. The fourth-order valence-electron chi connectivity index (χ4n) is 7.12. The molecular formula is C31H39F7N4O11. The number of carbonyl (C=O) groups is 2. The molecule has 5 atom stereocenters. The third-order valence-electron chi connectivity index (χ3n) is 9.89. The standard InChI is InChI=1S/C31H39F7N4O11/c1-15-9-20(32)5-6-22(15)23-13-21(42-30(50,51)28(46,47)41(16(2)43)29(48,49)31(42,52)53)7-8-40(23)24(44)39(4)25(3,45)14-17-10-18(26(33,34)35)12-19(11-17)27(36,37)38/h5-6,9-12,15,21-23,45-53H,7-8,13-14H2,1-4H3. The average Bonchev–Trinajstić information content (AvgIpc) is 2.97. The van der Waals surface area contributed by atoms with Crippen molar-refractivity contribution in [3.63, 3.8) is 0 Å². The molecule has 2 heterocycles. The van der Waals surface area contributed by atoms with E-state index in [2.05, 4.69) is 0 Å². The predicted molar refractivity (Wildman–Crippen MR) is 161 cm³/mol. The normalized spacial score (nSPS) is 28.3. The summed E-state index contributed by atoms with van der Waals surface area (Å²) in [4.78, 5) is 26.6. The highest BCUT2D eigenvalue weighted by atomic mass is 19.4. The monoisotopic (exact) mass is 776 g/mol. The van der Waals surface area contributed by atoms with Crippen LogP contribution in [0.5, 0.6) is 0 Å². The summed E-state index contributed by atoms with van der Waals surface area (Å²) in [7, 11) is 0.973. The molecule has 0 bridgehead atoms. The number of likely N-dealkylation sites (tertiary alicyclic amines) is 1. The van der Waals surface area contributed by atoms with Crippen molar-refractivity contribution in [1.82, 2.24) is 19.6 Å². The minimum Gasteiger partial charge on any atom is -0.371 e. The SMILES string of the molecule is CC(=O)N1C(O)(O)C(O)(O)N(C2CCN(C(=O)N(C)C(C)(O)Cc3cc(C(F)(F)F)cc(C(F)(F)F)c3)C(C3C=CC(F)=CC3C)C2)C(O)(O)C1(O)O. The molecule has 2 aliphatic heterocycles. The van der Waals surface area contributed by atoms with Crippen LogP contribution in [-0.4, -0.2) is 133 Å². The van der Waals surface area contributed by atoms with Crippen molar-refractivity contribution < 1.29 is 86.3 Å². The zero-order chi connectivity index (χ0) is 40.7. The Labute approximate surface area is 296 Å². The molecule has 2 fully saturated rings. The Morgan fingerprint density at radius 2 is 1.38 bits per heavy atom. The first-order valence-corrected chi connectivity index (χ1v) is 15.8. The van der Waals surface area contributed by atoms with Crippen LogP contribution in [0.15, 0.2) is 42.3 Å². The molecule has 1 aromatic rings. The maximum atomic E-state index is 14.2. The number of alkyl halides is 6. The van der Waals surface area contributed by atoms with Crippen molar-refractivity contribution in [3.05, 3.63) is 58.9 Å². The molecule has 9 N–H and O–H groups in total. The molecule has 3 aliphatic rings. The van der Waals surface area contributed by atoms with E-state index in [4.69, 9.17) is 0 Å². The lowest BCUT2D eigenvalue weighted by Gasteiger charge is -2.63. The molecule has 5 unspecified atom stereocenters. The molecule has 298 valence electrons. The number of benzene rings is 1. The summed E-state index contributed by atoms with van der Waals surface area (Å²) < 4.78 is 95.2. The summed E-state index contributed by atoms with van der Waals surface area (Å²) in [6.45, 7) is 2.33. The summed E-state index contributed by atoms with van der Waals surface area (Å²) >= 11 is 0. The lowest BCUT2D eigenvalue weighted by molar-refractivity contribution is -0.604. The minimum atomic E-state index is -5.21. The van der Waals surface area contributed by atoms with E-state index < -0.39 is 131 Å². The maximum absolute atomic E-state index is 14.2. The molecule has 1 aromatic carbocycles. The molecule has 4 rings (SSSR count). The number of nitrogens with zero attached hydrogens (tertiary/aromatic N) is 4. The van der Waals surface area contributed by atoms with Crippen molar-refractivity contribution in [1.29, 1.82) is 0 Å². The quantitative estimate of drug-likeness (QED) is 0.145. The molecule has 15 nitrogen and oxygen atoms in total. The number of likely N-dealkylation sites (N-methyl/N-ethyl adjacent to an activating group) is 1. The maximum Gasteiger partial charge on any atom is 0.416 e. The first-order valence-electron chi connectivity index (χ1n) is 15.8. The van der Waals surface area contributed by atoms with Crippen LogP contribution < -0.4 is 0 Å². The highest BCUT2D eigenvalue weighted by Gasteiger charge is 2.79. The summed E-state index contributed by atoms with van der Waals surface area (Å²) in [5, 5.41) is 97.6. The molecule has 3 amide bonds. The van der Waals surface area contributed by atoms with Crippen LogP contribution in [0.4, 0.5) is 35.5 Å². The number of aliphatic hydroxyl groups is 9. The summed E-state index contributed by atoms with van der Waals surface area (Å²) in [5.74, 6) is -21.4. The van der Waals surface area contributed by atoms with Crippen LogP contribution in [0.25, 0.3) is 0 Å². The molecular weight excluding hydrogens is 737 g/mol. The first kappa shape index (κ1) is 42.3. The van der Waals surface area contributed by atoms with Gasteiger partial charge in [-0.05, 0) is 61.6 Å². The highest BCUT2D eigenvalue weighted by Crippen LogP contribution is 2.48. The smallest absolute Gasteiger partial charge is 0.371 e. The largest absolute Gasteiger partial charge is 0.416 e. The van der Waals surface area contributed by atoms with E-state index in [1.54, 1.807) is 0 Å². The van der Waals surface area contributed by atoms with Crippen molar-refractivity contribution >= 4 is 11.9 Å². The summed E-state index contributed by atoms with van der Waals surface area (Å²) in [5.41, 5.74) is -6.49. The topological polar surface area (TPSA) is 229 Å². The van der Waals surface area contributed by atoms with Crippen LogP contribution in [0, 0.1) is 11.8 Å². The third kappa shape index (κ3) is 7.36.